The lowest BCUT2D eigenvalue weighted by Gasteiger charge is -2.59. The van der Waals surface area contributed by atoms with E-state index in [1.807, 2.05) is 13.8 Å². The van der Waals surface area contributed by atoms with Crippen molar-refractivity contribution in [3.05, 3.63) is 23.8 Å². The monoisotopic (exact) mass is 434 g/mol. The predicted octanol–water partition coefficient (Wildman–Crippen LogP) is 2.32. The standard InChI is InChI=1S/C24H31FO6/c1-12(26)22(30)31-11-20(29)16-5-4-15-14-9-18(25)17-8-13(27)6-7-23(17,2)21(14)19(28)10-24(15,16)3/h6-8,12,14-16,18-19,21,26,28H,4-5,9-11H2,1-3H3/t12?,14-,15-,16+,18-,19-,21-,23-,24-/m0/s1. The highest BCUT2D eigenvalue weighted by atomic mass is 19.1. The molecule has 0 aromatic carbocycles. The van der Waals surface area contributed by atoms with E-state index in [0.29, 0.717) is 18.4 Å². The number of Topliss-reactive ketones (excluding diaryl/α,β-unsaturated/α-hetero) is 1. The number of rotatable bonds is 4. The third-order valence-corrected chi connectivity index (χ3v) is 8.56. The molecule has 4 aliphatic carbocycles. The van der Waals surface area contributed by atoms with Gasteiger partial charge >= 0.3 is 5.97 Å². The van der Waals surface area contributed by atoms with Crippen LogP contribution >= 0.6 is 0 Å². The molecular weight excluding hydrogens is 403 g/mol. The van der Waals surface area contributed by atoms with Crippen molar-refractivity contribution in [1.82, 2.24) is 0 Å². The third kappa shape index (κ3) is 3.41. The summed E-state index contributed by atoms with van der Waals surface area (Å²) in [7, 11) is 0. The zero-order valence-corrected chi connectivity index (χ0v) is 18.2. The summed E-state index contributed by atoms with van der Waals surface area (Å²) >= 11 is 0. The lowest BCUT2D eigenvalue weighted by Crippen LogP contribution is -2.58. The second-order valence-electron chi connectivity index (χ2n) is 10.3. The van der Waals surface area contributed by atoms with E-state index >= 15 is 4.39 Å². The molecule has 4 aliphatic rings. The molecule has 7 heteroatoms. The molecule has 0 aliphatic heterocycles. The summed E-state index contributed by atoms with van der Waals surface area (Å²) in [6.45, 7) is 4.78. The van der Waals surface area contributed by atoms with Crippen molar-refractivity contribution in [3.63, 3.8) is 0 Å². The van der Waals surface area contributed by atoms with Crippen LogP contribution in [0.1, 0.15) is 46.5 Å². The Morgan fingerprint density at radius 2 is 2.03 bits per heavy atom. The first-order valence-electron chi connectivity index (χ1n) is 11.1. The average Bonchev–Trinajstić information content (AvgIpc) is 3.03. The highest BCUT2D eigenvalue weighted by Gasteiger charge is 2.64. The minimum absolute atomic E-state index is 0.0602. The normalized spacial score (nSPS) is 44.6. The fourth-order valence-electron chi connectivity index (χ4n) is 7.23. The highest BCUT2D eigenvalue weighted by Crippen LogP contribution is 2.66. The summed E-state index contributed by atoms with van der Waals surface area (Å²) in [5.41, 5.74) is -0.772. The molecule has 1 unspecified atom stereocenters. The van der Waals surface area contributed by atoms with Gasteiger partial charge in [-0.25, -0.2) is 9.18 Å². The van der Waals surface area contributed by atoms with Gasteiger partial charge in [0.05, 0.1) is 6.10 Å². The number of aliphatic hydroxyl groups is 2. The molecule has 6 nitrogen and oxygen atoms in total. The van der Waals surface area contributed by atoms with Crippen LogP contribution in [0.4, 0.5) is 4.39 Å². The van der Waals surface area contributed by atoms with Crippen molar-refractivity contribution in [2.45, 2.75) is 64.8 Å². The van der Waals surface area contributed by atoms with E-state index in [1.165, 1.54) is 19.1 Å². The van der Waals surface area contributed by atoms with Crippen LogP contribution in [-0.4, -0.2) is 52.7 Å². The van der Waals surface area contributed by atoms with E-state index in [4.69, 9.17) is 4.74 Å². The lowest BCUT2D eigenvalue weighted by molar-refractivity contribution is -0.159. The molecule has 170 valence electrons. The minimum atomic E-state index is -1.29. The van der Waals surface area contributed by atoms with Gasteiger partial charge in [0.25, 0.3) is 0 Å². The van der Waals surface area contributed by atoms with Gasteiger partial charge < -0.3 is 14.9 Å². The molecule has 2 N–H and O–H groups in total. The maximum atomic E-state index is 15.3. The Kier molecular flexibility index (Phi) is 5.49. The summed E-state index contributed by atoms with van der Waals surface area (Å²) in [5, 5.41) is 20.5. The number of halogens is 1. The minimum Gasteiger partial charge on any atom is -0.456 e. The number of hydrogen-bond donors (Lipinski definition) is 2. The number of alkyl halides is 1. The summed E-state index contributed by atoms with van der Waals surface area (Å²) in [5.74, 6) is -1.92. The SMILES string of the molecule is CC(O)C(=O)OCC(=O)[C@H]1CC[C@H]2[C@@H]3C[C@H](F)C4=CC(=O)C=C[C@]4(C)[C@@H]3[C@@H](O)C[C@]12C. The number of fused-ring (bicyclic) bond motifs is 5. The van der Waals surface area contributed by atoms with E-state index in [9.17, 15) is 24.6 Å². The first-order valence-corrected chi connectivity index (χ1v) is 11.1. The summed E-state index contributed by atoms with van der Waals surface area (Å²) in [6, 6.07) is 0. The van der Waals surface area contributed by atoms with Gasteiger partial charge in [0.1, 0.15) is 18.9 Å². The van der Waals surface area contributed by atoms with E-state index in [1.54, 1.807) is 6.08 Å². The molecule has 0 bridgehead atoms. The number of allylic oxidation sites excluding steroid dienone is 4. The Morgan fingerprint density at radius 1 is 1.32 bits per heavy atom. The summed E-state index contributed by atoms with van der Waals surface area (Å²) in [6.07, 6.45) is 3.32. The number of carbonyl (C=O) groups excluding carboxylic acids is 3. The second-order valence-corrected chi connectivity index (χ2v) is 10.3. The average molecular weight is 435 g/mol. The number of ether oxygens (including phenoxy) is 1. The predicted molar refractivity (Wildman–Crippen MR) is 109 cm³/mol. The van der Waals surface area contributed by atoms with E-state index in [-0.39, 0.29) is 41.7 Å². The van der Waals surface area contributed by atoms with Crippen molar-refractivity contribution in [2.75, 3.05) is 6.61 Å². The summed E-state index contributed by atoms with van der Waals surface area (Å²) in [4.78, 5) is 36.3. The van der Waals surface area contributed by atoms with Crippen molar-refractivity contribution < 1.29 is 33.7 Å². The molecule has 31 heavy (non-hydrogen) atoms. The zero-order valence-electron chi connectivity index (χ0n) is 18.2. The van der Waals surface area contributed by atoms with Gasteiger partial charge in [-0.05, 0) is 67.6 Å². The second kappa shape index (κ2) is 7.62. The smallest absolute Gasteiger partial charge is 0.335 e. The molecule has 3 saturated carbocycles. The molecule has 0 heterocycles. The van der Waals surface area contributed by atoms with Gasteiger partial charge in [-0.2, -0.15) is 0 Å². The van der Waals surface area contributed by atoms with E-state index in [2.05, 4.69) is 0 Å². The van der Waals surface area contributed by atoms with Gasteiger partial charge in [0.2, 0.25) is 0 Å². The van der Waals surface area contributed by atoms with Crippen molar-refractivity contribution in [1.29, 1.82) is 0 Å². The quantitative estimate of drug-likeness (QED) is 0.659. The highest BCUT2D eigenvalue weighted by molar-refractivity contribution is 6.01. The van der Waals surface area contributed by atoms with Crippen LogP contribution in [0.25, 0.3) is 0 Å². The van der Waals surface area contributed by atoms with Crippen LogP contribution in [-0.2, 0) is 19.1 Å². The van der Waals surface area contributed by atoms with Crippen LogP contribution in [0.3, 0.4) is 0 Å². The first kappa shape index (κ1) is 22.3. The molecule has 0 aromatic heterocycles. The fourth-order valence-corrected chi connectivity index (χ4v) is 7.23. The Labute approximate surface area is 181 Å². The van der Waals surface area contributed by atoms with Crippen molar-refractivity contribution >= 4 is 17.5 Å². The van der Waals surface area contributed by atoms with Crippen LogP contribution < -0.4 is 0 Å². The van der Waals surface area contributed by atoms with Crippen LogP contribution in [0, 0.1) is 34.5 Å². The maximum absolute atomic E-state index is 15.3. The Balaban J connectivity index is 1.59. The fraction of sp³-hybridized carbons (Fsp3) is 0.708. The van der Waals surface area contributed by atoms with E-state index in [0.717, 1.165) is 6.42 Å². The maximum Gasteiger partial charge on any atom is 0.335 e. The van der Waals surface area contributed by atoms with Gasteiger partial charge in [-0.3, -0.25) is 9.59 Å². The number of aliphatic hydroxyl groups excluding tert-OH is 2. The molecule has 0 spiro atoms. The molecular formula is C24H31FO6. The number of ketones is 2. The summed E-state index contributed by atoms with van der Waals surface area (Å²) < 4.78 is 20.2. The van der Waals surface area contributed by atoms with Gasteiger partial charge in [-0.1, -0.05) is 19.9 Å². The molecule has 4 rings (SSSR count). The van der Waals surface area contributed by atoms with Crippen LogP contribution in [0.15, 0.2) is 23.8 Å². The Bertz CT molecular complexity index is 862. The van der Waals surface area contributed by atoms with Crippen molar-refractivity contribution in [2.24, 2.45) is 34.5 Å². The molecule has 0 amide bonds. The first-order chi connectivity index (χ1) is 14.5. The molecule has 0 saturated heterocycles. The largest absolute Gasteiger partial charge is 0.456 e. The number of hydrogen-bond acceptors (Lipinski definition) is 6. The zero-order chi connectivity index (χ0) is 22.7. The lowest BCUT2D eigenvalue weighted by atomic mass is 9.46. The molecule has 0 radical (unpaired) electrons. The third-order valence-electron chi connectivity index (χ3n) is 8.56. The molecule has 3 fully saturated rings. The molecule has 9 atom stereocenters. The van der Waals surface area contributed by atoms with Crippen LogP contribution in [0.5, 0.6) is 0 Å². The van der Waals surface area contributed by atoms with Crippen molar-refractivity contribution in [3.8, 4) is 0 Å². The Morgan fingerprint density at radius 3 is 2.71 bits per heavy atom. The van der Waals surface area contributed by atoms with Gasteiger partial charge in [0.15, 0.2) is 11.6 Å². The van der Waals surface area contributed by atoms with Crippen LogP contribution in [0.2, 0.25) is 0 Å². The Hall–Kier alpha value is -1.86. The van der Waals surface area contributed by atoms with Gasteiger partial charge in [-0.15, -0.1) is 0 Å². The topological polar surface area (TPSA) is 101 Å². The molecule has 0 aromatic rings. The van der Waals surface area contributed by atoms with Gasteiger partial charge in [0, 0.05) is 17.3 Å². The number of carbonyl (C=O) groups is 3. The number of esters is 1. The van der Waals surface area contributed by atoms with E-state index < -0.39 is 41.8 Å².